The highest BCUT2D eigenvalue weighted by Gasteiger charge is 2.32. The lowest BCUT2D eigenvalue weighted by Gasteiger charge is -2.32. The van der Waals surface area contributed by atoms with Crippen LogP contribution in [0.5, 0.6) is 0 Å². The van der Waals surface area contributed by atoms with Gasteiger partial charge in [0.05, 0.1) is 6.04 Å². The van der Waals surface area contributed by atoms with Crippen molar-refractivity contribution in [1.29, 1.82) is 0 Å². The molecule has 1 N–H and O–H groups in total. The zero-order chi connectivity index (χ0) is 17.1. The van der Waals surface area contributed by atoms with E-state index in [0.29, 0.717) is 6.42 Å². The number of rotatable bonds is 6. The monoisotopic (exact) mass is 297 g/mol. The number of hydrogen-bond donors (Lipinski definition) is 1. The van der Waals surface area contributed by atoms with Gasteiger partial charge in [-0.15, -0.1) is 0 Å². The molecule has 0 amide bonds. The molecule has 0 saturated heterocycles. The van der Waals surface area contributed by atoms with Gasteiger partial charge in [-0.25, -0.2) is 0 Å². The average Bonchev–Trinajstić information content (AvgIpc) is 2.22. The Morgan fingerprint density at radius 1 is 0.857 bits per heavy atom. The van der Waals surface area contributed by atoms with Crippen molar-refractivity contribution in [2.75, 3.05) is 0 Å². The Morgan fingerprint density at radius 3 is 1.67 bits per heavy atom. The lowest BCUT2D eigenvalue weighted by molar-refractivity contribution is -0.130. The summed E-state index contributed by atoms with van der Waals surface area (Å²) in [5.41, 5.74) is -0.766. The van der Waals surface area contributed by atoms with E-state index in [2.05, 4.69) is 26.1 Å². The molecule has 0 saturated carbocycles. The lowest BCUT2D eigenvalue weighted by Crippen LogP contribution is -2.50. The molecule has 0 aromatic heterocycles. The Bertz CT molecular complexity index is 364. The van der Waals surface area contributed by atoms with Crippen molar-refractivity contribution < 1.29 is 9.59 Å². The van der Waals surface area contributed by atoms with Crippen LogP contribution in [0.4, 0.5) is 0 Å². The van der Waals surface area contributed by atoms with Crippen molar-refractivity contribution in [3.05, 3.63) is 0 Å². The predicted molar refractivity (Wildman–Crippen MR) is 89.5 cm³/mol. The largest absolute Gasteiger partial charge is 0.303 e. The molecule has 0 bridgehead atoms. The van der Waals surface area contributed by atoms with E-state index in [1.807, 2.05) is 41.5 Å². The smallest absolute Gasteiger partial charge is 0.155 e. The Hall–Kier alpha value is -0.700. The van der Waals surface area contributed by atoms with Crippen LogP contribution in [0.1, 0.15) is 81.6 Å². The Labute approximate surface area is 131 Å². The molecule has 0 radical (unpaired) electrons. The Balaban J connectivity index is 4.72. The van der Waals surface area contributed by atoms with Crippen LogP contribution in [-0.4, -0.2) is 23.1 Å². The van der Waals surface area contributed by atoms with Crippen LogP contribution in [0.3, 0.4) is 0 Å². The molecule has 21 heavy (non-hydrogen) atoms. The molecule has 1 unspecified atom stereocenters. The van der Waals surface area contributed by atoms with Crippen LogP contribution < -0.4 is 5.32 Å². The van der Waals surface area contributed by atoms with Crippen molar-refractivity contribution in [1.82, 2.24) is 5.32 Å². The van der Waals surface area contributed by atoms with E-state index < -0.39 is 0 Å². The second-order valence-electron chi connectivity index (χ2n) is 9.13. The maximum Gasteiger partial charge on any atom is 0.155 e. The van der Waals surface area contributed by atoms with Crippen molar-refractivity contribution in [3.8, 4) is 0 Å². The minimum absolute atomic E-state index is 0.111. The number of carbonyl (C=O) groups excluding carboxylic acids is 2. The van der Waals surface area contributed by atoms with Gasteiger partial charge in [-0.2, -0.15) is 0 Å². The van der Waals surface area contributed by atoms with Gasteiger partial charge < -0.3 is 5.32 Å². The molecule has 0 heterocycles. The van der Waals surface area contributed by atoms with Gasteiger partial charge in [0.2, 0.25) is 0 Å². The molecular formula is C18H35NO2. The first-order valence-electron chi connectivity index (χ1n) is 8.00. The van der Waals surface area contributed by atoms with Crippen LogP contribution >= 0.6 is 0 Å². The van der Waals surface area contributed by atoms with E-state index in [1.165, 1.54) is 0 Å². The van der Waals surface area contributed by atoms with Crippen molar-refractivity contribution in [2.24, 2.45) is 10.8 Å². The Morgan fingerprint density at radius 2 is 1.33 bits per heavy atom. The van der Waals surface area contributed by atoms with Crippen LogP contribution in [0, 0.1) is 10.8 Å². The summed E-state index contributed by atoms with van der Waals surface area (Å²) in [5, 5.41) is 3.41. The van der Waals surface area contributed by atoms with Gasteiger partial charge in [-0.05, 0) is 33.6 Å². The SMILES string of the molecule is CC(C)(C)NC(CCCC(=O)C(C)(C)C)C(=O)C(C)(C)C. The zero-order valence-electron chi connectivity index (χ0n) is 15.5. The average molecular weight is 297 g/mol. The van der Waals surface area contributed by atoms with Crippen molar-refractivity contribution in [2.45, 2.75) is 93.2 Å². The summed E-state index contributed by atoms with van der Waals surface area (Å²) in [5.74, 6) is 0.487. The van der Waals surface area contributed by atoms with E-state index in [0.717, 1.165) is 12.8 Å². The number of carbonyl (C=O) groups is 2. The van der Waals surface area contributed by atoms with Gasteiger partial charge in [0.1, 0.15) is 5.78 Å². The second kappa shape index (κ2) is 7.04. The van der Waals surface area contributed by atoms with E-state index in [-0.39, 0.29) is 34.0 Å². The van der Waals surface area contributed by atoms with Crippen molar-refractivity contribution >= 4 is 11.6 Å². The fourth-order valence-corrected chi connectivity index (χ4v) is 2.16. The molecule has 0 fully saturated rings. The quantitative estimate of drug-likeness (QED) is 0.801. The molecule has 0 aliphatic carbocycles. The normalized spacial score (nSPS) is 14.9. The number of hydrogen-bond acceptors (Lipinski definition) is 3. The second-order valence-corrected chi connectivity index (χ2v) is 9.13. The van der Waals surface area contributed by atoms with Crippen LogP contribution in [0.25, 0.3) is 0 Å². The molecule has 0 aromatic rings. The molecule has 124 valence electrons. The van der Waals surface area contributed by atoms with Gasteiger partial charge in [-0.1, -0.05) is 41.5 Å². The number of ketones is 2. The summed E-state index contributed by atoms with van der Waals surface area (Å²) in [6, 6.07) is -0.183. The van der Waals surface area contributed by atoms with Gasteiger partial charge >= 0.3 is 0 Å². The molecule has 0 rings (SSSR count). The molecule has 0 aliphatic rings. The third-order valence-corrected chi connectivity index (χ3v) is 3.40. The highest BCUT2D eigenvalue weighted by Crippen LogP contribution is 2.23. The van der Waals surface area contributed by atoms with Gasteiger partial charge in [0.25, 0.3) is 0 Å². The first-order valence-corrected chi connectivity index (χ1v) is 8.00. The third-order valence-electron chi connectivity index (χ3n) is 3.40. The molecule has 0 spiro atoms. The summed E-state index contributed by atoms with van der Waals surface area (Å²) in [7, 11) is 0. The van der Waals surface area contributed by atoms with E-state index in [1.54, 1.807) is 0 Å². The van der Waals surface area contributed by atoms with Crippen LogP contribution in [0.15, 0.2) is 0 Å². The van der Waals surface area contributed by atoms with E-state index in [9.17, 15) is 9.59 Å². The first kappa shape index (κ1) is 20.3. The topological polar surface area (TPSA) is 46.2 Å². The first-order chi connectivity index (χ1) is 9.14. The third kappa shape index (κ3) is 8.35. The van der Waals surface area contributed by atoms with Crippen LogP contribution in [-0.2, 0) is 9.59 Å². The molecule has 3 heteroatoms. The summed E-state index contributed by atoms with van der Waals surface area (Å²) in [6.07, 6.45) is 2.02. The Kier molecular flexibility index (Phi) is 6.81. The van der Waals surface area contributed by atoms with E-state index >= 15 is 0 Å². The summed E-state index contributed by atoms with van der Waals surface area (Å²) >= 11 is 0. The zero-order valence-corrected chi connectivity index (χ0v) is 15.5. The van der Waals surface area contributed by atoms with Gasteiger partial charge in [0.15, 0.2) is 5.78 Å². The molecule has 3 nitrogen and oxygen atoms in total. The highest BCUT2D eigenvalue weighted by atomic mass is 16.1. The summed E-state index contributed by atoms with van der Waals surface area (Å²) < 4.78 is 0. The molecular weight excluding hydrogens is 262 g/mol. The number of Topliss-reactive ketones (excluding diaryl/α,β-unsaturated/α-hetero) is 2. The summed E-state index contributed by atoms with van der Waals surface area (Å²) in [6.45, 7) is 17.9. The maximum absolute atomic E-state index is 12.6. The predicted octanol–water partition coefficient (Wildman–Crippen LogP) is 4.14. The van der Waals surface area contributed by atoms with Crippen molar-refractivity contribution in [3.63, 3.8) is 0 Å². The van der Waals surface area contributed by atoms with Gasteiger partial charge in [-0.3, -0.25) is 9.59 Å². The molecule has 0 aromatic carbocycles. The fraction of sp³-hybridized carbons (Fsp3) is 0.889. The molecule has 1 atom stereocenters. The highest BCUT2D eigenvalue weighted by molar-refractivity contribution is 5.89. The molecule has 0 aliphatic heterocycles. The minimum Gasteiger partial charge on any atom is -0.303 e. The fourth-order valence-electron chi connectivity index (χ4n) is 2.16. The summed E-state index contributed by atoms with van der Waals surface area (Å²) in [4.78, 5) is 24.6. The van der Waals surface area contributed by atoms with Gasteiger partial charge in [0, 0.05) is 22.8 Å². The number of nitrogens with one attached hydrogen (secondary N) is 1. The standard InChI is InChI=1S/C18H35NO2/c1-16(2,3)14(20)12-10-11-13(19-18(7,8)9)15(21)17(4,5)6/h13,19H,10-12H2,1-9H3. The lowest BCUT2D eigenvalue weighted by atomic mass is 9.82. The van der Waals surface area contributed by atoms with Crippen LogP contribution in [0.2, 0.25) is 0 Å². The minimum atomic E-state index is -0.364. The van der Waals surface area contributed by atoms with E-state index in [4.69, 9.17) is 0 Å². The maximum atomic E-state index is 12.6.